The number of hydrogen-bond donors (Lipinski definition) is 1. The molecular formula is C14H20N4S. The fraction of sp³-hybridized carbons (Fsp3) is 0.500. The highest BCUT2D eigenvalue weighted by molar-refractivity contribution is 7.15. The Morgan fingerprint density at radius 3 is 2.53 bits per heavy atom. The highest BCUT2D eigenvalue weighted by atomic mass is 32.1. The second-order valence-electron chi connectivity index (χ2n) is 5.10. The maximum atomic E-state index is 4.72. The number of nitrogens with one attached hydrogen (secondary N) is 1. The zero-order valence-electron chi connectivity index (χ0n) is 11.9. The average Bonchev–Trinajstić information content (AvgIpc) is 2.73. The molecule has 2 aromatic rings. The van der Waals surface area contributed by atoms with Gasteiger partial charge in [-0.1, -0.05) is 13.8 Å². The van der Waals surface area contributed by atoms with E-state index in [4.69, 9.17) is 4.98 Å². The van der Waals surface area contributed by atoms with Crippen molar-refractivity contribution in [3.63, 3.8) is 0 Å². The summed E-state index contributed by atoms with van der Waals surface area (Å²) in [5.74, 6) is 1.33. The van der Waals surface area contributed by atoms with Gasteiger partial charge in [0, 0.05) is 23.8 Å². The fourth-order valence-corrected chi connectivity index (χ4v) is 2.88. The molecule has 0 spiro atoms. The number of thiazole rings is 1. The molecule has 0 amide bonds. The van der Waals surface area contributed by atoms with Crippen molar-refractivity contribution in [3.8, 4) is 10.8 Å². The molecule has 4 nitrogen and oxygen atoms in total. The first-order valence-electron chi connectivity index (χ1n) is 6.52. The van der Waals surface area contributed by atoms with E-state index in [0.29, 0.717) is 5.92 Å². The van der Waals surface area contributed by atoms with Gasteiger partial charge in [0.1, 0.15) is 0 Å². The van der Waals surface area contributed by atoms with E-state index in [-0.39, 0.29) is 0 Å². The van der Waals surface area contributed by atoms with E-state index in [1.54, 1.807) is 11.3 Å². The van der Waals surface area contributed by atoms with Gasteiger partial charge in [0.15, 0.2) is 10.8 Å². The normalized spacial score (nSPS) is 11.2. The Morgan fingerprint density at radius 2 is 1.95 bits per heavy atom. The molecule has 0 saturated carbocycles. The molecule has 0 aliphatic rings. The Kier molecular flexibility index (Phi) is 4.61. The molecule has 19 heavy (non-hydrogen) atoms. The third kappa shape index (κ3) is 3.58. The first-order chi connectivity index (χ1) is 9.10. The fourth-order valence-electron chi connectivity index (χ4n) is 1.83. The van der Waals surface area contributed by atoms with E-state index in [1.807, 2.05) is 26.4 Å². The van der Waals surface area contributed by atoms with Crippen LogP contribution in [0.15, 0.2) is 12.4 Å². The Balaban J connectivity index is 2.33. The molecular weight excluding hydrogens is 256 g/mol. The molecule has 0 unspecified atom stereocenters. The quantitative estimate of drug-likeness (QED) is 0.912. The summed E-state index contributed by atoms with van der Waals surface area (Å²) >= 11 is 1.69. The minimum Gasteiger partial charge on any atom is -0.315 e. The smallest absolute Gasteiger partial charge is 0.188 e. The van der Waals surface area contributed by atoms with E-state index in [9.17, 15) is 0 Å². The van der Waals surface area contributed by atoms with Crippen LogP contribution in [0.1, 0.15) is 30.0 Å². The van der Waals surface area contributed by atoms with Crippen LogP contribution in [0.4, 0.5) is 0 Å². The standard InChI is InChI=1S/C14H20N4S/c1-9(2)5-11-12(8-15-4)19-14(18-11)13-16-6-10(3)7-17-13/h6-7,9,15H,5,8H2,1-4H3. The molecule has 0 radical (unpaired) electrons. The van der Waals surface area contributed by atoms with Crippen molar-refractivity contribution < 1.29 is 0 Å². The summed E-state index contributed by atoms with van der Waals surface area (Å²) in [4.78, 5) is 14.7. The van der Waals surface area contributed by atoms with Crippen molar-refractivity contribution in [3.05, 3.63) is 28.5 Å². The molecule has 5 heteroatoms. The molecule has 0 aliphatic heterocycles. The van der Waals surface area contributed by atoms with Crippen LogP contribution in [0, 0.1) is 12.8 Å². The molecule has 0 aliphatic carbocycles. The van der Waals surface area contributed by atoms with E-state index < -0.39 is 0 Å². The monoisotopic (exact) mass is 276 g/mol. The highest BCUT2D eigenvalue weighted by Gasteiger charge is 2.14. The van der Waals surface area contributed by atoms with Gasteiger partial charge in [-0.15, -0.1) is 11.3 Å². The lowest BCUT2D eigenvalue weighted by Gasteiger charge is -2.03. The van der Waals surface area contributed by atoms with Crippen LogP contribution >= 0.6 is 11.3 Å². The maximum Gasteiger partial charge on any atom is 0.188 e. The first kappa shape index (κ1) is 14.1. The number of nitrogens with zero attached hydrogens (tertiary/aromatic N) is 3. The van der Waals surface area contributed by atoms with Crippen LogP contribution in [0.5, 0.6) is 0 Å². The van der Waals surface area contributed by atoms with Crippen LogP contribution in [0.2, 0.25) is 0 Å². The van der Waals surface area contributed by atoms with Crippen LogP contribution in [0.25, 0.3) is 10.8 Å². The summed E-state index contributed by atoms with van der Waals surface area (Å²) < 4.78 is 0. The van der Waals surface area contributed by atoms with Gasteiger partial charge in [-0.25, -0.2) is 15.0 Å². The van der Waals surface area contributed by atoms with E-state index >= 15 is 0 Å². The molecule has 102 valence electrons. The van der Waals surface area contributed by atoms with Crippen molar-refractivity contribution in [1.29, 1.82) is 0 Å². The van der Waals surface area contributed by atoms with E-state index in [0.717, 1.165) is 29.4 Å². The van der Waals surface area contributed by atoms with Crippen molar-refractivity contribution >= 4 is 11.3 Å². The van der Waals surface area contributed by atoms with Crippen LogP contribution < -0.4 is 5.32 Å². The Hall–Kier alpha value is -1.33. The largest absolute Gasteiger partial charge is 0.315 e. The van der Waals surface area contributed by atoms with Crippen LogP contribution in [-0.2, 0) is 13.0 Å². The molecule has 0 fully saturated rings. The van der Waals surface area contributed by atoms with Crippen molar-refractivity contribution in [2.45, 2.75) is 33.7 Å². The Bertz CT molecular complexity index is 531. The lowest BCUT2D eigenvalue weighted by Crippen LogP contribution is -2.07. The second kappa shape index (κ2) is 6.21. The summed E-state index contributed by atoms with van der Waals surface area (Å²) in [6.45, 7) is 7.27. The van der Waals surface area contributed by atoms with Gasteiger partial charge in [0.25, 0.3) is 0 Å². The minimum absolute atomic E-state index is 0.601. The van der Waals surface area contributed by atoms with Gasteiger partial charge in [0.05, 0.1) is 5.69 Å². The lowest BCUT2D eigenvalue weighted by molar-refractivity contribution is 0.631. The predicted molar refractivity (Wildman–Crippen MR) is 79.2 cm³/mol. The summed E-state index contributed by atoms with van der Waals surface area (Å²) in [7, 11) is 1.96. The average molecular weight is 276 g/mol. The van der Waals surface area contributed by atoms with Gasteiger partial charge >= 0.3 is 0 Å². The Morgan fingerprint density at radius 1 is 1.26 bits per heavy atom. The summed E-state index contributed by atoms with van der Waals surface area (Å²) in [5, 5.41) is 4.12. The maximum absolute atomic E-state index is 4.72. The van der Waals surface area contributed by atoms with E-state index in [1.165, 1.54) is 10.6 Å². The summed E-state index contributed by atoms with van der Waals surface area (Å²) in [5.41, 5.74) is 2.24. The third-order valence-electron chi connectivity index (χ3n) is 2.69. The van der Waals surface area contributed by atoms with Crippen molar-refractivity contribution in [2.75, 3.05) is 7.05 Å². The van der Waals surface area contributed by atoms with Gasteiger partial charge in [0.2, 0.25) is 0 Å². The minimum atomic E-state index is 0.601. The molecule has 0 bridgehead atoms. The van der Waals surface area contributed by atoms with Gasteiger partial charge in [-0.2, -0.15) is 0 Å². The molecule has 2 rings (SSSR count). The topological polar surface area (TPSA) is 50.7 Å². The highest BCUT2D eigenvalue weighted by Crippen LogP contribution is 2.27. The SMILES string of the molecule is CNCc1sc(-c2ncc(C)cn2)nc1CC(C)C. The van der Waals surface area contributed by atoms with Crippen LogP contribution in [0.3, 0.4) is 0 Å². The predicted octanol–water partition coefficient (Wildman–Crippen LogP) is 2.83. The van der Waals surface area contributed by atoms with Crippen molar-refractivity contribution in [2.24, 2.45) is 5.92 Å². The number of hydrogen-bond acceptors (Lipinski definition) is 5. The molecule has 2 heterocycles. The van der Waals surface area contributed by atoms with E-state index in [2.05, 4.69) is 29.1 Å². The number of aromatic nitrogens is 3. The second-order valence-corrected chi connectivity index (χ2v) is 6.18. The molecule has 0 saturated heterocycles. The zero-order chi connectivity index (χ0) is 13.8. The molecule has 2 aromatic heterocycles. The van der Waals surface area contributed by atoms with Gasteiger partial charge < -0.3 is 5.32 Å². The van der Waals surface area contributed by atoms with Gasteiger partial charge in [-0.05, 0) is 31.9 Å². The summed E-state index contributed by atoms with van der Waals surface area (Å²) in [6, 6.07) is 0. The molecule has 0 aromatic carbocycles. The summed E-state index contributed by atoms with van der Waals surface area (Å²) in [6.07, 6.45) is 4.67. The molecule has 0 atom stereocenters. The first-order valence-corrected chi connectivity index (χ1v) is 7.34. The Labute approximate surface area is 118 Å². The number of aryl methyl sites for hydroxylation is 1. The van der Waals surface area contributed by atoms with Gasteiger partial charge in [-0.3, -0.25) is 0 Å². The number of rotatable bonds is 5. The molecule has 1 N–H and O–H groups in total. The van der Waals surface area contributed by atoms with Crippen molar-refractivity contribution in [1.82, 2.24) is 20.3 Å². The third-order valence-corrected chi connectivity index (χ3v) is 3.78. The zero-order valence-corrected chi connectivity index (χ0v) is 12.7. The van der Waals surface area contributed by atoms with Crippen LogP contribution in [-0.4, -0.2) is 22.0 Å². The lowest BCUT2D eigenvalue weighted by atomic mass is 10.1.